The van der Waals surface area contributed by atoms with Gasteiger partial charge in [0.2, 0.25) is 23.7 Å². The molecule has 0 aliphatic carbocycles. The molecule has 0 spiro atoms. The molecule has 0 bridgehead atoms. The van der Waals surface area contributed by atoms with E-state index in [-0.39, 0.29) is 54.5 Å². The van der Waals surface area contributed by atoms with Crippen LogP contribution in [0, 0.1) is 0 Å². The molecule has 1 fully saturated rings. The molecule has 3 N–H and O–H groups in total. The number of ether oxygens (including phenoxy) is 2. The highest BCUT2D eigenvalue weighted by Gasteiger charge is 2.30. The second-order valence-corrected chi connectivity index (χ2v) is 7.01. The average molecular weight is 448 g/mol. The van der Waals surface area contributed by atoms with Gasteiger partial charge >= 0.3 is 5.97 Å². The maximum absolute atomic E-state index is 12.5. The minimum absolute atomic E-state index is 0.0542. The lowest BCUT2D eigenvalue weighted by Gasteiger charge is -2.14. The standard InChI is InChI=1S/C22H20N6O5/c1-32-16-8-3-2-7-15(16)24-22-26-17(25-21(23)27-22)12-33-20(31)13-5-4-6-14(11-13)28-18(29)9-10-19(28)30/h2-8,11H,9-10,12H2,1H3,(H3,23,24,25,26,27). The summed E-state index contributed by atoms with van der Waals surface area (Å²) in [7, 11) is 1.54. The summed E-state index contributed by atoms with van der Waals surface area (Å²) in [6.07, 6.45) is 0.305. The third-order valence-corrected chi connectivity index (χ3v) is 4.78. The minimum atomic E-state index is -0.672. The molecule has 1 saturated heterocycles. The lowest BCUT2D eigenvalue weighted by Crippen LogP contribution is -2.28. The predicted molar refractivity (Wildman–Crippen MR) is 118 cm³/mol. The number of rotatable bonds is 7. The summed E-state index contributed by atoms with van der Waals surface area (Å²) in [4.78, 5) is 49.8. The smallest absolute Gasteiger partial charge is 0.338 e. The Morgan fingerprint density at radius 1 is 1.06 bits per heavy atom. The Balaban J connectivity index is 1.46. The number of methoxy groups -OCH3 is 1. The van der Waals surface area contributed by atoms with Crippen molar-refractivity contribution >= 4 is 41.1 Å². The maximum Gasteiger partial charge on any atom is 0.338 e. The molecule has 1 aliphatic heterocycles. The van der Waals surface area contributed by atoms with Crippen LogP contribution in [0.25, 0.3) is 0 Å². The van der Waals surface area contributed by atoms with Crippen LogP contribution in [0.5, 0.6) is 5.75 Å². The second kappa shape index (κ2) is 9.30. The van der Waals surface area contributed by atoms with Crippen LogP contribution in [0.15, 0.2) is 48.5 Å². The largest absolute Gasteiger partial charge is 0.495 e. The van der Waals surface area contributed by atoms with E-state index in [0.29, 0.717) is 17.1 Å². The molecule has 2 amide bonds. The number of nitrogen functional groups attached to an aromatic ring is 1. The van der Waals surface area contributed by atoms with Gasteiger partial charge in [-0.25, -0.2) is 4.79 Å². The molecule has 168 valence electrons. The Bertz CT molecular complexity index is 1220. The molecule has 1 aromatic heterocycles. The van der Waals surface area contributed by atoms with Gasteiger partial charge in [0, 0.05) is 12.8 Å². The number of esters is 1. The second-order valence-electron chi connectivity index (χ2n) is 7.01. The van der Waals surface area contributed by atoms with Gasteiger partial charge in [0.05, 0.1) is 24.0 Å². The van der Waals surface area contributed by atoms with Crippen LogP contribution in [0.1, 0.15) is 29.0 Å². The Morgan fingerprint density at radius 2 is 1.82 bits per heavy atom. The Hall–Kier alpha value is -4.54. The number of carbonyl (C=O) groups is 3. The van der Waals surface area contributed by atoms with E-state index in [1.165, 1.54) is 19.2 Å². The molecule has 33 heavy (non-hydrogen) atoms. The fourth-order valence-corrected chi connectivity index (χ4v) is 3.28. The summed E-state index contributed by atoms with van der Waals surface area (Å²) in [5.74, 6) is -0.460. The molecule has 0 unspecified atom stereocenters. The number of imide groups is 1. The van der Waals surface area contributed by atoms with Gasteiger partial charge in [-0.05, 0) is 30.3 Å². The normalized spacial score (nSPS) is 13.2. The van der Waals surface area contributed by atoms with Crippen LogP contribution in [0.3, 0.4) is 0 Å². The predicted octanol–water partition coefficient (Wildman–Crippen LogP) is 2.22. The first-order valence-corrected chi connectivity index (χ1v) is 9.98. The van der Waals surface area contributed by atoms with Crippen molar-refractivity contribution in [2.24, 2.45) is 0 Å². The van der Waals surface area contributed by atoms with Gasteiger partial charge in [-0.3, -0.25) is 14.5 Å². The number of nitrogens with one attached hydrogen (secondary N) is 1. The molecule has 4 rings (SSSR count). The fraction of sp³-hybridized carbons (Fsp3) is 0.182. The summed E-state index contributed by atoms with van der Waals surface area (Å²) in [5, 5.41) is 2.99. The molecule has 0 saturated carbocycles. The van der Waals surface area contributed by atoms with Crippen LogP contribution < -0.4 is 20.7 Å². The number of nitrogens with two attached hydrogens (primary N) is 1. The SMILES string of the molecule is COc1ccccc1Nc1nc(N)nc(COC(=O)c2cccc(N3C(=O)CCC3=O)c2)n1. The van der Waals surface area contributed by atoms with Crippen molar-refractivity contribution < 1.29 is 23.9 Å². The first kappa shape index (κ1) is 21.7. The molecule has 2 heterocycles. The van der Waals surface area contributed by atoms with Gasteiger partial charge in [-0.2, -0.15) is 15.0 Å². The van der Waals surface area contributed by atoms with E-state index in [9.17, 15) is 14.4 Å². The zero-order chi connectivity index (χ0) is 23.4. The number of aromatic nitrogens is 3. The van der Waals surface area contributed by atoms with Crippen molar-refractivity contribution in [2.75, 3.05) is 23.1 Å². The third kappa shape index (κ3) is 4.87. The van der Waals surface area contributed by atoms with Crippen LogP contribution in [0.4, 0.5) is 23.3 Å². The number of para-hydroxylation sites is 2. The number of hydrogen-bond donors (Lipinski definition) is 2. The zero-order valence-electron chi connectivity index (χ0n) is 17.6. The maximum atomic E-state index is 12.5. The molecule has 11 heteroatoms. The van der Waals surface area contributed by atoms with Gasteiger partial charge in [-0.15, -0.1) is 0 Å². The molecule has 1 aliphatic rings. The Labute approximate surface area is 188 Å². The third-order valence-electron chi connectivity index (χ3n) is 4.78. The van der Waals surface area contributed by atoms with Gasteiger partial charge in [0.25, 0.3) is 0 Å². The van der Waals surface area contributed by atoms with E-state index < -0.39 is 5.97 Å². The number of carbonyl (C=O) groups excluding carboxylic acids is 3. The summed E-state index contributed by atoms with van der Waals surface area (Å²) < 4.78 is 10.6. The van der Waals surface area contributed by atoms with Crippen molar-refractivity contribution in [3.63, 3.8) is 0 Å². The highest BCUT2D eigenvalue weighted by molar-refractivity contribution is 6.20. The van der Waals surface area contributed by atoms with Crippen molar-refractivity contribution in [2.45, 2.75) is 19.4 Å². The molecule has 3 aromatic rings. The molecule has 0 atom stereocenters. The molecular weight excluding hydrogens is 428 g/mol. The minimum Gasteiger partial charge on any atom is -0.495 e. The van der Waals surface area contributed by atoms with Crippen LogP contribution in [-0.4, -0.2) is 39.8 Å². The monoisotopic (exact) mass is 448 g/mol. The van der Waals surface area contributed by atoms with E-state index in [1.807, 2.05) is 12.1 Å². The number of anilines is 4. The number of hydrogen-bond acceptors (Lipinski definition) is 10. The van der Waals surface area contributed by atoms with E-state index in [1.54, 1.807) is 24.3 Å². The zero-order valence-corrected chi connectivity index (χ0v) is 17.6. The van der Waals surface area contributed by atoms with Crippen molar-refractivity contribution in [3.8, 4) is 5.75 Å². The first-order valence-electron chi connectivity index (χ1n) is 9.98. The number of amides is 2. The van der Waals surface area contributed by atoms with Crippen molar-refractivity contribution in [3.05, 3.63) is 59.9 Å². The molecule has 11 nitrogen and oxygen atoms in total. The van der Waals surface area contributed by atoms with Crippen LogP contribution in [0.2, 0.25) is 0 Å². The van der Waals surface area contributed by atoms with E-state index in [4.69, 9.17) is 15.2 Å². The summed E-state index contributed by atoms with van der Waals surface area (Å²) in [6.45, 7) is -0.266. The highest BCUT2D eigenvalue weighted by Crippen LogP contribution is 2.26. The van der Waals surface area contributed by atoms with E-state index in [2.05, 4.69) is 20.3 Å². The van der Waals surface area contributed by atoms with Gasteiger partial charge < -0.3 is 20.5 Å². The van der Waals surface area contributed by atoms with Gasteiger partial charge in [0.1, 0.15) is 5.75 Å². The fourth-order valence-electron chi connectivity index (χ4n) is 3.28. The number of benzene rings is 2. The first-order chi connectivity index (χ1) is 15.9. The lowest BCUT2D eigenvalue weighted by atomic mass is 10.2. The topological polar surface area (TPSA) is 150 Å². The lowest BCUT2D eigenvalue weighted by molar-refractivity contribution is -0.121. The van der Waals surface area contributed by atoms with Crippen molar-refractivity contribution in [1.29, 1.82) is 0 Å². The van der Waals surface area contributed by atoms with E-state index in [0.717, 1.165) is 4.90 Å². The quantitative estimate of drug-likeness (QED) is 0.407. The van der Waals surface area contributed by atoms with Crippen molar-refractivity contribution in [1.82, 2.24) is 15.0 Å². The van der Waals surface area contributed by atoms with Gasteiger partial charge in [-0.1, -0.05) is 18.2 Å². The summed E-state index contributed by atoms with van der Waals surface area (Å²) >= 11 is 0. The van der Waals surface area contributed by atoms with Crippen LogP contribution >= 0.6 is 0 Å². The van der Waals surface area contributed by atoms with Gasteiger partial charge in [0.15, 0.2) is 12.4 Å². The Kier molecular flexibility index (Phi) is 6.11. The molecular formula is C22H20N6O5. The Morgan fingerprint density at radius 3 is 2.58 bits per heavy atom. The average Bonchev–Trinajstić information content (AvgIpc) is 3.15. The highest BCUT2D eigenvalue weighted by atomic mass is 16.5. The summed E-state index contributed by atoms with van der Waals surface area (Å²) in [5.41, 5.74) is 6.89. The van der Waals surface area contributed by atoms with Crippen LogP contribution in [-0.2, 0) is 20.9 Å². The molecule has 0 radical (unpaired) electrons. The summed E-state index contributed by atoms with van der Waals surface area (Å²) in [6, 6.07) is 13.3. The van der Waals surface area contributed by atoms with E-state index >= 15 is 0 Å². The number of nitrogens with zero attached hydrogens (tertiary/aromatic N) is 4. The molecule has 2 aromatic carbocycles.